The number of aryl methyl sites for hydroxylation is 1. The first kappa shape index (κ1) is 13.4. The molecule has 1 amide bonds. The second-order valence-corrected chi connectivity index (χ2v) is 4.62. The first-order valence-corrected chi connectivity index (χ1v) is 6.24. The molecule has 1 aromatic heterocycles. The van der Waals surface area contributed by atoms with Gasteiger partial charge in [-0.25, -0.2) is 5.43 Å². The molecule has 0 bridgehead atoms. The molecule has 2 aromatic rings. The highest BCUT2D eigenvalue weighted by Crippen LogP contribution is 2.19. The second kappa shape index (κ2) is 5.71. The first-order chi connectivity index (χ1) is 9.08. The zero-order valence-electron chi connectivity index (χ0n) is 10.1. The summed E-state index contributed by atoms with van der Waals surface area (Å²) in [7, 11) is 0. The summed E-state index contributed by atoms with van der Waals surface area (Å²) in [6, 6.07) is 7.98. The molecule has 0 aliphatic rings. The third-order valence-corrected chi connectivity index (χ3v) is 3.17. The number of nitrogens with zero attached hydrogens (tertiary/aromatic N) is 1. The monoisotopic (exact) mass is 322 g/mol. The van der Waals surface area contributed by atoms with Gasteiger partial charge < -0.3 is 9.52 Å². The van der Waals surface area contributed by atoms with Crippen molar-refractivity contribution in [2.75, 3.05) is 0 Å². The molecule has 0 unspecified atom stereocenters. The molecular weight excluding hydrogens is 312 g/mol. The summed E-state index contributed by atoms with van der Waals surface area (Å²) < 4.78 is 6.16. The third kappa shape index (κ3) is 3.23. The van der Waals surface area contributed by atoms with Crippen molar-refractivity contribution in [2.45, 2.75) is 6.92 Å². The van der Waals surface area contributed by atoms with Gasteiger partial charge in [0.25, 0.3) is 5.91 Å². The molecule has 0 aliphatic heterocycles. The van der Waals surface area contributed by atoms with E-state index in [0.29, 0.717) is 5.76 Å². The first-order valence-electron chi connectivity index (χ1n) is 5.45. The van der Waals surface area contributed by atoms with Crippen LogP contribution in [0.3, 0.4) is 0 Å². The number of carbonyl (C=O) groups is 1. The average molecular weight is 323 g/mol. The highest BCUT2D eigenvalue weighted by molar-refractivity contribution is 9.10. The number of hydrazone groups is 1. The Kier molecular flexibility index (Phi) is 4.01. The van der Waals surface area contributed by atoms with Crippen molar-refractivity contribution >= 4 is 28.1 Å². The van der Waals surface area contributed by atoms with Crippen molar-refractivity contribution in [3.05, 3.63) is 51.9 Å². The number of carbonyl (C=O) groups excluding carboxylic acids is 1. The number of halogens is 1. The molecular formula is C13H11BrN2O3. The zero-order valence-corrected chi connectivity index (χ0v) is 11.6. The number of furan rings is 1. The Bertz CT molecular complexity index is 615. The normalized spacial score (nSPS) is 10.8. The Labute approximate surface area is 118 Å². The number of hydrogen-bond acceptors (Lipinski definition) is 4. The fraction of sp³-hybridized carbons (Fsp3) is 0.0769. The van der Waals surface area contributed by atoms with Gasteiger partial charge in [0.15, 0.2) is 0 Å². The van der Waals surface area contributed by atoms with Gasteiger partial charge in [-0.15, -0.1) is 0 Å². The van der Waals surface area contributed by atoms with Crippen LogP contribution in [0.25, 0.3) is 0 Å². The molecule has 0 spiro atoms. The van der Waals surface area contributed by atoms with Crippen molar-refractivity contribution < 1.29 is 14.3 Å². The number of rotatable bonds is 3. The van der Waals surface area contributed by atoms with Crippen molar-refractivity contribution in [2.24, 2.45) is 5.10 Å². The van der Waals surface area contributed by atoms with Crippen LogP contribution < -0.4 is 5.43 Å². The molecule has 0 saturated heterocycles. The third-order valence-electron chi connectivity index (χ3n) is 2.38. The van der Waals surface area contributed by atoms with Gasteiger partial charge in [0.2, 0.25) is 0 Å². The summed E-state index contributed by atoms with van der Waals surface area (Å²) in [5.74, 6) is 0.666. The number of amides is 1. The van der Waals surface area contributed by atoms with E-state index >= 15 is 0 Å². The number of benzene rings is 1. The van der Waals surface area contributed by atoms with Gasteiger partial charge in [-0.2, -0.15) is 5.10 Å². The van der Waals surface area contributed by atoms with E-state index in [-0.39, 0.29) is 11.3 Å². The fourth-order valence-corrected chi connectivity index (χ4v) is 1.73. The van der Waals surface area contributed by atoms with Crippen LogP contribution in [0.15, 0.2) is 44.3 Å². The van der Waals surface area contributed by atoms with Crippen molar-refractivity contribution in [3.8, 4) is 5.75 Å². The second-order valence-electron chi connectivity index (χ2n) is 3.77. The number of para-hydroxylation sites is 1. The molecule has 0 aliphatic carbocycles. The minimum absolute atomic E-state index is 0.0909. The van der Waals surface area contributed by atoms with Gasteiger partial charge in [0.1, 0.15) is 17.3 Å². The van der Waals surface area contributed by atoms with Crippen LogP contribution in [-0.2, 0) is 0 Å². The molecule has 6 heteroatoms. The molecule has 19 heavy (non-hydrogen) atoms. The topological polar surface area (TPSA) is 74.8 Å². The van der Waals surface area contributed by atoms with E-state index in [2.05, 4.69) is 26.5 Å². The lowest BCUT2D eigenvalue weighted by atomic mass is 10.2. The van der Waals surface area contributed by atoms with Gasteiger partial charge in [-0.3, -0.25) is 4.79 Å². The highest BCUT2D eigenvalue weighted by Gasteiger charge is 2.08. The van der Waals surface area contributed by atoms with E-state index in [9.17, 15) is 9.90 Å². The Morgan fingerprint density at radius 3 is 2.84 bits per heavy atom. The van der Waals surface area contributed by atoms with Crippen LogP contribution in [0.5, 0.6) is 5.75 Å². The molecule has 98 valence electrons. The number of phenolic OH excluding ortho intramolecular Hbond substituents is 1. The number of aromatic hydroxyl groups is 1. The smallest absolute Gasteiger partial charge is 0.275 e. The predicted molar refractivity (Wildman–Crippen MR) is 74.3 cm³/mol. The standard InChI is InChI=1S/C13H11BrN2O3/c1-8-11(14)6-9(19-8)7-15-16-13(18)10-4-2-3-5-12(10)17/h2-7,17H,1H3,(H,16,18)/b15-7-. The van der Waals surface area contributed by atoms with E-state index in [4.69, 9.17) is 4.42 Å². The van der Waals surface area contributed by atoms with Crippen LogP contribution in [-0.4, -0.2) is 17.2 Å². The van der Waals surface area contributed by atoms with Crippen LogP contribution >= 0.6 is 15.9 Å². The van der Waals surface area contributed by atoms with Crippen LogP contribution in [0.1, 0.15) is 21.9 Å². The van der Waals surface area contributed by atoms with Gasteiger partial charge in [-0.05, 0) is 35.0 Å². The SMILES string of the molecule is Cc1oc(/C=N\NC(=O)c2ccccc2O)cc1Br. The molecule has 2 rings (SSSR count). The summed E-state index contributed by atoms with van der Waals surface area (Å²) in [6.45, 7) is 1.81. The molecule has 0 atom stereocenters. The predicted octanol–water partition coefficient (Wildman–Crippen LogP) is 2.82. The van der Waals surface area contributed by atoms with Crippen molar-refractivity contribution in [1.29, 1.82) is 0 Å². The highest BCUT2D eigenvalue weighted by atomic mass is 79.9. The minimum Gasteiger partial charge on any atom is -0.507 e. The summed E-state index contributed by atoms with van der Waals surface area (Å²) >= 11 is 3.31. The summed E-state index contributed by atoms with van der Waals surface area (Å²) in [5.41, 5.74) is 2.48. The Morgan fingerprint density at radius 1 is 1.47 bits per heavy atom. The van der Waals surface area contributed by atoms with E-state index < -0.39 is 5.91 Å². The Balaban J connectivity index is 2.03. The number of hydrogen-bond donors (Lipinski definition) is 2. The molecule has 0 saturated carbocycles. The van der Waals surface area contributed by atoms with E-state index in [0.717, 1.165) is 10.2 Å². The lowest BCUT2D eigenvalue weighted by Gasteiger charge is -2.01. The van der Waals surface area contributed by atoms with Gasteiger partial charge in [-0.1, -0.05) is 12.1 Å². The fourth-order valence-electron chi connectivity index (χ4n) is 1.43. The summed E-state index contributed by atoms with van der Waals surface area (Å²) in [5, 5.41) is 13.3. The average Bonchev–Trinajstić information content (AvgIpc) is 2.69. The molecule has 5 nitrogen and oxygen atoms in total. The minimum atomic E-state index is -0.489. The summed E-state index contributed by atoms with van der Waals surface area (Å²) in [4.78, 5) is 11.7. The zero-order chi connectivity index (χ0) is 13.8. The van der Waals surface area contributed by atoms with E-state index in [1.165, 1.54) is 18.3 Å². The lowest BCUT2D eigenvalue weighted by molar-refractivity contribution is 0.0952. The van der Waals surface area contributed by atoms with Crippen LogP contribution in [0, 0.1) is 6.92 Å². The van der Waals surface area contributed by atoms with Gasteiger partial charge >= 0.3 is 0 Å². The molecule has 0 fully saturated rings. The van der Waals surface area contributed by atoms with Crippen molar-refractivity contribution in [3.63, 3.8) is 0 Å². The Morgan fingerprint density at radius 2 is 2.21 bits per heavy atom. The van der Waals surface area contributed by atoms with Crippen LogP contribution in [0.2, 0.25) is 0 Å². The van der Waals surface area contributed by atoms with Crippen molar-refractivity contribution in [1.82, 2.24) is 5.43 Å². The molecule has 0 radical (unpaired) electrons. The number of nitrogens with one attached hydrogen (secondary N) is 1. The molecule has 1 aromatic carbocycles. The van der Waals surface area contributed by atoms with E-state index in [1.807, 2.05) is 6.92 Å². The molecule has 1 heterocycles. The van der Waals surface area contributed by atoms with Gasteiger partial charge in [0.05, 0.1) is 16.3 Å². The quantitative estimate of drug-likeness (QED) is 0.674. The molecule has 2 N–H and O–H groups in total. The van der Waals surface area contributed by atoms with Crippen LogP contribution in [0.4, 0.5) is 0 Å². The maximum absolute atomic E-state index is 11.7. The lowest BCUT2D eigenvalue weighted by Crippen LogP contribution is -2.17. The largest absolute Gasteiger partial charge is 0.507 e. The maximum atomic E-state index is 11.7. The Hall–Kier alpha value is -2.08. The number of phenols is 1. The van der Waals surface area contributed by atoms with Gasteiger partial charge in [0, 0.05) is 6.07 Å². The summed E-state index contributed by atoms with van der Waals surface area (Å²) in [6.07, 6.45) is 1.38. The van der Waals surface area contributed by atoms with E-state index in [1.54, 1.807) is 18.2 Å². The maximum Gasteiger partial charge on any atom is 0.275 e.